The molecule has 0 fully saturated rings. The Kier molecular flexibility index (Phi) is 2.80. The zero-order valence-electron chi connectivity index (χ0n) is 9.48. The first-order valence-electron chi connectivity index (χ1n) is 5.02. The number of nitrogens with one attached hydrogen (secondary N) is 2. The summed E-state index contributed by atoms with van der Waals surface area (Å²) in [6, 6.07) is 4.58. The van der Waals surface area contributed by atoms with Gasteiger partial charge in [-0.3, -0.25) is 14.8 Å². The first-order chi connectivity index (χ1) is 8.52. The molecule has 0 aliphatic rings. The number of benzene rings is 1. The van der Waals surface area contributed by atoms with Crippen molar-refractivity contribution < 1.29 is 9.84 Å². The van der Waals surface area contributed by atoms with Crippen LogP contribution >= 0.6 is 0 Å². The van der Waals surface area contributed by atoms with Crippen LogP contribution in [0.3, 0.4) is 0 Å². The monoisotopic (exact) mass is 249 g/mol. The Morgan fingerprint density at radius 2 is 2.00 bits per heavy atom. The third-order valence-electron chi connectivity index (χ3n) is 2.45. The number of anilines is 1. The first kappa shape index (κ1) is 11.8. The normalized spacial score (nSPS) is 10.3. The second-order valence-electron chi connectivity index (χ2n) is 3.59. The lowest BCUT2D eigenvalue weighted by atomic mass is 10.1. The highest BCUT2D eigenvalue weighted by Gasteiger charge is 2.12. The van der Waals surface area contributed by atoms with Crippen molar-refractivity contribution in [1.29, 1.82) is 0 Å². The van der Waals surface area contributed by atoms with E-state index in [0.717, 1.165) is 0 Å². The summed E-state index contributed by atoms with van der Waals surface area (Å²) < 4.78 is 5.02. The van der Waals surface area contributed by atoms with Crippen LogP contribution in [0.15, 0.2) is 27.8 Å². The number of methoxy groups -OCH3 is 1. The van der Waals surface area contributed by atoms with Gasteiger partial charge in [-0.25, -0.2) is 4.79 Å². The SMILES string of the molecule is COc1cc(-c2c(O)[nH]c(=O)[nH]c2=O)ccc1N. The molecule has 1 aromatic carbocycles. The summed E-state index contributed by atoms with van der Waals surface area (Å²) in [5.41, 5.74) is 4.92. The van der Waals surface area contributed by atoms with Gasteiger partial charge in [-0.1, -0.05) is 6.07 Å². The average molecular weight is 249 g/mol. The van der Waals surface area contributed by atoms with Crippen LogP contribution < -0.4 is 21.7 Å². The molecule has 0 amide bonds. The molecule has 18 heavy (non-hydrogen) atoms. The molecule has 2 rings (SSSR count). The highest BCUT2D eigenvalue weighted by Crippen LogP contribution is 2.29. The Morgan fingerprint density at radius 1 is 1.28 bits per heavy atom. The van der Waals surface area contributed by atoms with E-state index < -0.39 is 17.1 Å². The molecule has 0 saturated carbocycles. The second kappa shape index (κ2) is 4.28. The van der Waals surface area contributed by atoms with Crippen LogP contribution in [0, 0.1) is 0 Å². The lowest BCUT2D eigenvalue weighted by molar-refractivity contribution is 0.417. The van der Waals surface area contributed by atoms with Crippen molar-refractivity contribution in [3.63, 3.8) is 0 Å². The van der Waals surface area contributed by atoms with Gasteiger partial charge in [-0.05, 0) is 17.7 Å². The topological polar surface area (TPSA) is 121 Å². The maximum atomic E-state index is 11.6. The number of nitrogens with two attached hydrogens (primary N) is 1. The molecule has 1 heterocycles. The van der Waals surface area contributed by atoms with Crippen LogP contribution in [0.1, 0.15) is 0 Å². The number of aromatic nitrogens is 2. The molecule has 0 aliphatic heterocycles. The van der Waals surface area contributed by atoms with Crippen LogP contribution in [0.4, 0.5) is 5.69 Å². The van der Waals surface area contributed by atoms with Gasteiger partial charge in [0.05, 0.1) is 12.8 Å². The Morgan fingerprint density at radius 3 is 2.61 bits per heavy atom. The Bertz CT molecular complexity index is 702. The number of ether oxygens (including phenoxy) is 1. The van der Waals surface area contributed by atoms with Crippen LogP contribution in [0.5, 0.6) is 11.6 Å². The van der Waals surface area contributed by atoms with E-state index in [1.54, 1.807) is 6.07 Å². The summed E-state index contributed by atoms with van der Waals surface area (Å²) in [4.78, 5) is 26.7. The van der Waals surface area contributed by atoms with Crippen LogP contribution in [-0.4, -0.2) is 22.2 Å². The predicted molar refractivity (Wildman–Crippen MR) is 65.7 cm³/mol. The van der Waals surface area contributed by atoms with Gasteiger partial charge in [-0.15, -0.1) is 0 Å². The molecular weight excluding hydrogens is 238 g/mol. The molecule has 7 heteroatoms. The zero-order chi connectivity index (χ0) is 13.3. The van der Waals surface area contributed by atoms with E-state index in [9.17, 15) is 14.7 Å². The van der Waals surface area contributed by atoms with Crippen molar-refractivity contribution in [2.24, 2.45) is 0 Å². The van der Waals surface area contributed by atoms with Crippen molar-refractivity contribution in [1.82, 2.24) is 9.97 Å². The highest BCUT2D eigenvalue weighted by atomic mass is 16.5. The molecular formula is C11H11N3O4. The van der Waals surface area contributed by atoms with E-state index in [1.807, 2.05) is 4.98 Å². The smallest absolute Gasteiger partial charge is 0.328 e. The van der Waals surface area contributed by atoms with Gasteiger partial charge in [0, 0.05) is 0 Å². The van der Waals surface area contributed by atoms with Gasteiger partial charge >= 0.3 is 5.69 Å². The van der Waals surface area contributed by atoms with Crippen LogP contribution in [0.25, 0.3) is 11.1 Å². The predicted octanol–water partition coefficient (Wildman–Crippen LogP) is 0.0266. The maximum absolute atomic E-state index is 11.6. The van der Waals surface area contributed by atoms with E-state index in [4.69, 9.17) is 10.5 Å². The molecule has 1 aromatic heterocycles. The fourth-order valence-corrected chi connectivity index (χ4v) is 1.61. The van der Waals surface area contributed by atoms with Gasteiger partial charge in [0.25, 0.3) is 5.56 Å². The van der Waals surface area contributed by atoms with Crippen molar-refractivity contribution in [3.05, 3.63) is 39.0 Å². The average Bonchev–Trinajstić information content (AvgIpc) is 2.30. The molecule has 0 radical (unpaired) electrons. The Balaban J connectivity index is 2.70. The summed E-state index contributed by atoms with van der Waals surface area (Å²) in [5, 5.41) is 9.61. The van der Waals surface area contributed by atoms with Gasteiger partial charge in [0.15, 0.2) is 0 Å². The zero-order valence-corrected chi connectivity index (χ0v) is 9.48. The van der Waals surface area contributed by atoms with E-state index >= 15 is 0 Å². The molecule has 5 N–H and O–H groups in total. The number of rotatable bonds is 2. The van der Waals surface area contributed by atoms with Crippen molar-refractivity contribution in [2.75, 3.05) is 12.8 Å². The lowest BCUT2D eigenvalue weighted by Crippen LogP contribution is -2.23. The summed E-state index contributed by atoms with van der Waals surface area (Å²) >= 11 is 0. The fraction of sp³-hybridized carbons (Fsp3) is 0.0909. The summed E-state index contributed by atoms with van der Waals surface area (Å²) in [7, 11) is 1.44. The standard InChI is InChI=1S/C11H11N3O4/c1-18-7-4-5(2-3-6(7)12)8-9(15)13-11(17)14-10(8)16/h2-4H,12H2,1H3,(H3,13,14,15,16,17). The molecule has 0 aliphatic carbocycles. The quantitative estimate of drug-likeness (QED) is 0.559. The number of hydrogen-bond acceptors (Lipinski definition) is 5. The number of aromatic hydroxyl groups is 1. The first-order valence-corrected chi connectivity index (χ1v) is 5.02. The van der Waals surface area contributed by atoms with Gasteiger partial charge in [-0.2, -0.15) is 0 Å². The molecule has 0 unspecified atom stereocenters. The highest BCUT2D eigenvalue weighted by molar-refractivity contribution is 5.72. The Labute approximate surface area is 101 Å². The third-order valence-corrected chi connectivity index (χ3v) is 2.45. The minimum atomic E-state index is -0.774. The number of nitrogen functional groups attached to an aromatic ring is 1. The number of hydrogen-bond donors (Lipinski definition) is 4. The van der Waals surface area contributed by atoms with E-state index in [2.05, 4.69) is 4.98 Å². The molecule has 7 nitrogen and oxygen atoms in total. The molecule has 0 bridgehead atoms. The van der Waals surface area contributed by atoms with Gasteiger partial charge in [0.1, 0.15) is 11.3 Å². The largest absolute Gasteiger partial charge is 0.495 e. The molecule has 94 valence electrons. The second-order valence-corrected chi connectivity index (χ2v) is 3.59. The van der Waals surface area contributed by atoms with E-state index in [1.165, 1.54) is 19.2 Å². The lowest BCUT2D eigenvalue weighted by Gasteiger charge is -2.07. The molecule has 2 aromatic rings. The number of aromatic amines is 2. The number of H-pyrrole nitrogens is 2. The van der Waals surface area contributed by atoms with E-state index in [0.29, 0.717) is 17.0 Å². The Hall–Kier alpha value is -2.70. The minimum Gasteiger partial charge on any atom is -0.495 e. The van der Waals surface area contributed by atoms with Gasteiger partial charge < -0.3 is 15.6 Å². The van der Waals surface area contributed by atoms with Crippen LogP contribution in [0.2, 0.25) is 0 Å². The van der Waals surface area contributed by atoms with Crippen molar-refractivity contribution >= 4 is 5.69 Å². The summed E-state index contributed by atoms with van der Waals surface area (Å²) in [5.74, 6) is -0.131. The van der Waals surface area contributed by atoms with E-state index in [-0.39, 0.29) is 5.56 Å². The molecule has 0 saturated heterocycles. The minimum absolute atomic E-state index is 0.0482. The van der Waals surface area contributed by atoms with Crippen molar-refractivity contribution in [3.8, 4) is 22.8 Å². The van der Waals surface area contributed by atoms with Gasteiger partial charge in [0.2, 0.25) is 5.88 Å². The van der Waals surface area contributed by atoms with Crippen LogP contribution in [-0.2, 0) is 0 Å². The summed E-state index contributed by atoms with van der Waals surface area (Å²) in [6.45, 7) is 0. The maximum Gasteiger partial charge on any atom is 0.328 e. The summed E-state index contributed by atoms with van der Waals surface area (Å²) in [6.07, 6.45) is 0. The molecule has 0 spiro atoms. The molecule has 0 atom stereocenters. The van der Waals surface area contributed by atoms with Crippen molar-refractivity contribution in [2.45, 2.75) is 0 Å². The third kappa shape index (κ3) is 1.93. The fourth-order valence-electron chi connectivity index (χ4n) is 1.61.